The smallest absolute Gasteiger partial charge is 0.223 e. The highest BCUT2D eigenvalue weighted by Crippen LogP contribution is 2.33. The maximum Gasteiger partial charge on any atom is 0.223 e. The number of carbonyl (C=O) groups is 2. The molecular formula is C11H19NO2. The molecular weight excluding hydrogens is 178 g/mol. The van der Waals surface area contributed by atoms with Crippen LogP contribution >= 0.6 is 0 Å². The molecule has 0 saturated carbocycles. The van der Waals surface area contributed by atoms with Crippen molar-refractivity contribution in [1.82, 2.24) is 4.90 Å². The maximum atomic E-state index is 11.7. The van der Waals surface area contributed by atoms with E-state index in [1.165, 1.54) is 0 Å². The molecule has 0 aliphatic carbocycles. The van der Waals surface area contributed by atoms with E-state index in [4.69, 9.17) is 0 Å². The summed E-state index contributed by atoms with van der Waals surface area (Å²) < 4.78 is 0. The molecule has 3 nitrogen and oxygen atoms in total. The number of nitrogens with zero attached hydrogens (tertiary/aromatic N) is 1. The molecule has 0 N–H and O–H groups in total. The van der Waals surface area contributed by atoms with Crippen molar-refractivity contribution in [1.29, 1.82) is 0 Å². The van der Waals surface area contributed by atoms with Crippen molar-refractivity contribution in [3.8, 4) is 0 Å². The van der Waals surface area contributed by atoms with Gasteiger partial charge in [-0.05, 0) is 26.2 Å². The third-order valence-electron chi connectivity index (χ3n) is 3.33. The molecule has 0 radical (unpaired) electrons. The maximum absolute atomic E-state index is 11.7. The molecule has 1 fully saturated rings. The fraction of sp³-hybridized carbons (Fsp3) is 0.818. The molecule has 1 atom stereocenters. The van der Waals surface area contributed by atoms with Crippen molar-refractivity contribution in [3.05, 3.63) is 0 Å². The Morgan fingerprint density at radius 2 is 2.00 bits per heavy atom. The Bertz CT molecular complexity index is 250. The molecule has 1 saturated heterocycles. The Hall–Kier alpha value is -0.860. The van der Waals surface area contributed by atoms with E-state index in [2.05, 4.69) is 0 Å². The second-order valence-electron chi connectivity index (χ2n) is 3.94. The number of hydrogen-bond acceptors (Lipinski definition) is 2. The fourth-order valence-corrected chi connectivity index (χ4v) is 2.42. The van der Waals surface area contributed by atoms with E-state index in [1.54, 1.807) is 11.8 Å². The van der Waals surface area contributed by atoms with Gasteiger partial charge >= 0.3 is 0 Å². The van der Waals surface area contributed by atoms with Crippen LogP contribution < -0.4 is 0 Å². The van der Waals surface area contributed by atoms with Gasteiger partial charge in [-0.25, -0.2) is 0 Å². The quantitative estimate of drug-likeness (QED) is 0.691. The fourth-order valence-electron chi connectivity index (χ4n) is 2.42. The van der Waals surface area contributed by atoms with Crippen LogP contribution in [0.15, 0.2) is 0 Å². The van der Waals surface area contributed by atoms with Gasteiger partial charge in [0.25, 0.3) is 0 Å². The van der Waals surface area contributed by atoms with Crippen LogP contribution in [0.4, 0.5) is 0 Å². The minimum Gasteiger partial charge on any atom is -0.330 e. The molecule has 0 aromatic rings. The summed E-state index contributed by atoms with van der Waals surface area (Å²) in [6.45, 7) is 6.19. The Balaban J connectivity index is 2.94. The number of likely N-dealkylation sites (tertiary alicyclic amines) is 1. The highest BCUT2D eigenvalue weighted by molar-refractivity contribution is 5.91. The van der Waals surface area contributed by atoms with Gasteiger partial charge < -0.3 is 4.90 Å². The first-order valence-electron chi connectivity index (χ1n) is 5.40. The van der Waals surface area contributed by atoms with Crippen molar-refractivity contribution in [3.63, 3.8) is 0 Å². The highest BCUT2D eigenvalue weighted by atomic mass is 16.2. The number of Topliss-reactive ketones (excluding diaryl/α,β-unsaturated/α-hetero) is 1. The largest absolute Gasteiger partial charge is 0.330 e. The second-order valence-corrected chi connectivity index (χ2v) is 3.94. The zero-order valence-electron chi connectivity index (χ0n) is 9.30. The molecule has 14 heavy (non-hydrogen) atoms. The number of amides is 1. The Morgan fingerprint density at radius 3 is 2.43 bits per heavy atom. The molecule has 1 unspecified atom stereocenters. The summed E-state index contributed by atoms with van der Waals surface area (Å²) in [7, 11) is 0. The van der Waals surface area contributed by atoms with Crippen LogP contribution in [0.5, 0.6) is 0 Å². The normalized spacial score (nSPS) is 26.6. The van der Waals surface area contributed by atoms with Gasteiger partial charge in [-0.15, -0.1) is 0 Å². The summed E-state index contributed by atoms with van der Waals surface area (Å²) in [5, 5.41) is 0. The van der Waals surface area contributed by atoms with Gasteiger partial charge in [-0.2, -0.15) is 0 Å². The molecule has 1 amide bonds. The first-order chi connectivity index (χ1) is 6.58. The van der Waals surface area contributed by atoms with E-state index in [0.29, 0.717) is 6.42 Å². The van der Waals surface area contributed by atoms with Gasteiger partial charge in [0.2, 0.25) is 5.91 Å². The van der Waals surface area contributed by atoms with Crippen LogP contribution in [0.25, 0.3) is 0 Å². The summed E-state index contributed by atoms with van der Waals surface area (Å²) in [6.07, 6.45) is 3.03. The topological polar surface area (TPSA) is 37.4 Å². The highest BCUT2D eigenvalue weighted by Gasteiger charge is 2.45. The van der Waals surface area contributed by atoms with Crippen LogP contribution in [-0.4, -0.2) is 28.7 Å². The number of carbonyl (C=O) groups excluding carboxylic acids is 2. The van der Waals surface area contributed by atoms with Crippen LogP contribution in [0, 0.1) is 0 Å². The van der Waals surface area contributed by atoms with E-state index >= 15 is 0 Å². The van der Waals surface area contributed by atoms with Gasteiger partial charge in [0, 0.05) is 13.0 Å². The van der Waals surface area contributed by atoms with E-state index in [-0.39, 0.29) is 11.7 Å². The van der Waals surface area contributed by atoms with Crippen molar-refractivity contribution in [2.24, 2.45) is 0 Å². The molecule has 1 heterocycles. The Morgan fingerprint density at radius 1 is 1.36 bits per heavy atom. The van der Waals surface area contributed by atoms with Gasteiger partial charge in [0.1, 0.15) is 5.54 Å². The Labute approximate surface area is 85.5 Å². The predicted molar refractivity (Wildman–Crippen MR) is 54.9 cm³/mol. The monoisotopic (exact) mass is 197 g/mol. The summed E-state index contributed by atoms with van der Waals surface area (Å²) in [6, 6.07) is 0. The molecule has 0 spiro atoms. The van der Waals surface area contributed by atoms with Gasteiger partial charge in [0.05, 0.1) is 0 Å². The van der Waals surface area contributed by atoms with Gasteiger partial charge in [-0.1, -0.05) is 13.8 Å². The lowest BCUT2D eigenvalue weighted by Gasteiger charge is -2.35. The second kappa shape index (κ2) is 4.11. The van der Waals surface area contributed by atoms with E-state index < -0.39 is 5.54 Å². The van der Waals surface area contributed by atoms with Crippen molar-refractivity contribution >= 4 is 11.7 Å². The summed E-state index contributed by atoms with van der Waals surface area (Å²) in [5.41, 5.74) is -0.479. The third-order valence-corrected chi connectivity index (χ3v) is 3.33. The zero-order chi connectivity index (χ0) is 10.8. The molecule has 1 rings (SSSR count). The SMILES string of the molecule is CCC(=O)N1CCCC1(CC)C(C)=O. The van der Waals surface area contributed by atoms with Crippen molar-refractivity contribution in [2.75, 3.05) is 6.54 Å². The standard InChI is InChI=1S/C11H19NO2/c1-4-10(14)12-8-6-7-11(12,5-2)9(3)13/h4-8H2,1-3H3. The molecule has 0 bridgehead atoms. The molecule has 0 aromatic carbocycles. The van der Waals surface area contributed by atoms with Crippen LogP contribution in [0.1, 0.15) is 46.5 Å². The summed E-state index contributed by atoms with van der Waals surface area (Å²) >= 11 is 0. The third kappa shape index (κ3) is 1.56. The van der Waals surface area contributed by atoms with Gasteiger partial charge in [0.15, 0.2) is 5.78 Å². The van der Waals surface area contributed by atoms with Crippen LogP contribution in [0.2, 0.25) is 0 Å². The zero-order valence-corrected chi connectivity index (χ0v) is 9.30. The minimum absolute atomic E-state index is 0.111. The lowest BCUT2D eigenvalue weighted by atomic mass is 9.88. The number of rotatable bonds is 3. The van der Waals surface area contributed by atoms with E-state index in [1.807, 2.05) is 13.8 Å². The summed E-state index contributed by atoms with van der Waals surface area (Å²) in [5.74, 6) is 0.249. The van der Waals surface area contributed by atoms with Crippen molar-refractivity contribution < 1.29 is 9.59 Å². The lowest BCUT2D eigenvalue weighted by Crippen LogP contribution is -2.51. The molecule has 0 aromatic heterocycles. The predicted octanol–water partition coefficient (Wildman–Crippen LogP) is 1.76. The van der Waals surface area contributed by atoms with Gasteiger partial charge in [-0.3, -0.25) is 9.59 Å². The van der Waals surface area contributed by atoms with Crippen LogP contribution in [0.3, 0.4) is 0 Å². The number of hydrogen-bond donors (Lipinski definition) is 0. The Kier molecular flexibility index (Phi) is 3.29. The number of ketones is 1. The average molecular weight is 197 g/mol. The summed E-state index contributed by atoms with van der Waals surface area (Å²) in [4.78, 5) is 25.1. The van der Waals surface area contributed by atoms with Crippen LogP contribution in [-0.2, 0) is 9.59 Å². The average Bonchev–Trinajstić information content (AvgIpc) is 2.61. The molecule has 1 aliphatic rings. The molecule has 80 valence electrons. The molecule has 1 aliphatic heterocycles. The van der Waals surface area contributed by atoms with E-state index in [0.717, 1.165) is 25.8 Å². The molecule has 3 heteroatoms. The minimum atomic E-state index is -0.479. The van der Waals surface area contributed by atoms with E-state index in [9.17, 15) is 9.59 Å². The first kappa shape index (κ1) is 11.2. The van der Waals surface area contributed by atoms with Crippen molar-refractivity contribution in [2.45, 2.75) is 52.0 Å². The first-order valence-corrected chi connectivity index (χ1v) is 5.40. The lowest BCUT2D eigenvalue weighted by molar-refractivity contribution is -0.143.